The van der Waals surface area contributed by atoms with Gasteiger partial charge in [-0.05, 0) is 30.0 Å². The fourth-order valence-corrected chi connectivity index (χ4v) is 6.58. The molecule has 0 aliphatic rings. The summed E-state index contributed by atoms with van der Waals surface area (Å²) >= 11 is 0. The van der Waals surface area contributed by atoms with Gasteiger partial charge in [0.2, 0.25) is 0 Å². The largest absolute Gasteiger partial charge is 0.309 e. The molecule has 0 unspecified atom stereocenters. The average molecular weight is 382 g/mol. The number of aryl methyl sites for hydroxylation is 1. The highest BCUT2D eigenvalue weighted by Crippen LogP contribution is 2.43. The predicted molar refractivity (Wildman–Crippen MR) is 120 cm³/mol. The van der Waals surface area contributed by atoms with Crippen LogP contribution < -0.4 is 15.9 Å². The summed E-state index contributed by atoms with van der Waals surface area (Å²) in [6.45, 7) is 2.13. The van der Waals surface area contributed by atoms with E-state index in [9.17, 15) is 4.57 Å². The summed E-state index contributed by atoms with van der Waals surface area (Å²) < 4.78 is 14.7. The summed E-state index contributed by atoms with van der Waals surface area (Å²) in [5.74, 6) is 0. The van der Waals surface area contributed by atoms with Crippen molar-refractivity contribution in [2.75, 3.05) is 0 Å². The molecule has 28 heavy (non-hydrogen) atoms. The third-order valence-corrected chi connectivity index (χ3v) is 8.38. The molecular formula is C26H23OP. The van der Waals surface area contributed by atoms with Gasteiger partial charge in [0.1, 0.15) is 0 Å². The first-order valence-corrected chi connectivity index (χ1v) is 11.2. The lowest BCUT2D eigenvalue weighted by Crippen LogP contribution is -2.27. The van der Waals surface area contributed by atoms with Crippen LogP contribution in [0.4, 0.5) is 0 Å². The minimum absolute atomic E-state index is 0.770. The summed E-state index contributed by atoms with van der Waals surface area (Å²) in [6.07, 6.45) is 0.770. The van der Waals surface area contributed by atoms with Crippen LogP contribution in [0.3, 0.4) is 0 Å². The van der Waals surface area contributed by atoms with Gasteiger partial charge in [-0.15, -0.1) is 0 Å². The van der Waals surface area contributed by atoms with Gasteiger partial charge < -0.3 is 4.57 Å². The van der Waals surface area contributed by atoms with Gasteiger partial charge >= 0.3 is 0 Å². The van der Waals surface area contributed by atoms with Crippen LogP contribution >= 0.6 is 7.14 Å². The van der Waals surface area contributed by atoms with E-state index in [2.05, 4.69) is 37.3 Å². The summed E-state index contributed by atoms with van der Waals surface area (Å²) in [7, 11) is -2.97. The van der Waals surface area contributed by atoms with Crippen molar-refractivity contribution < 1.29 is 4.57 Å². The zero-order valence-corrected chi connectivity index (χ0v) is 16.8. The molecule has 4 rings (SSSR count). The first-order chi connectivity index (χ1) is 13.7. The van der Waals surface area contributed by atoms with Gasteiger partial charge in [-0.2, -0.15) is 0 Å². The first kappa shape index (κ1) is 18.5. The Hall–Kier alpha value is -2.89. The summed E-state index contributed by atoms with van der Waals surface area (Å²) in [4.78, 5) is 0. The second-order valence-corrected chi connectivity index (χ2v) is 9.75. The zero-order valence-electron chi connectivity index (χ0n) is 16.0. The van der Waals surface area contributed by atoms with Crippen LogP contribution in [0.1, 0.15) is 16.7 Å². The Balaban J connectivity index is 1.92. The topological polar surface area (TPSA) is 17.1 Å². The summed E-state index contributed by atoms with van der Waals surface area (Å²) in [6, 6.07) is 36.3. The highest BCUT2D eigenvalue weighted by Gasteiger charge is 2.31. The van der Waals surface area contributed by atoms with Crippen LogP contribution in [0.5, 0.6) is 0 Å². The van der Waals surface area contributed by atoms with Crippen molar-refractivity contribution in [3.63, 3.8) is 0 Å². The number of rotatable bonds is 5. The number of hydrogen-bond acceptors (Lipinski definition) is 1. The standard InChI is InChI=1S/C26H23OP/c1-21-12-8-9-13-22(21)20-23-14-10-11-19-26(23)28(27,24-15-4-2-5-16-24)25-17-6-3-7-18-25/h2-19H,20H2,1H3. The Kier molecular flexibility index (Phi) is 5.28. The van der Waals surface area contributed by atoms with E-state index >= 15 is 0 Å². The van der Waals surface area contributed by atoms with E-state index in [1.165, 1.54) is 11.1 Å². The molecule has 1 nitrogen and oxygen atoms in total. The van der Waals surface area contributed by atoms with E-state index in [-0.39, 0.29) is 0 Å². The Labute approximate surface area is 167 Å². The van der Waals surface area contributed by atoms with Crippen molar-refractivity contribution in [1.82, 2.24) is 0 Å². The van der Waals surface area contributed by atoms with E-state index in [0.717, 1.165) is 27.9 Å². The van der Waals surface area contributed by atoms with Gasteiger partial charge in [-0.1, -0.05) is 109 Å². The van der Waals surface area contributed by atoms with E-state index in [4.69, 9.17) is 0 Å². The van der Waals surface area contributed by atoms with E-state index < -0.39 is 7.14 Å². The van der Waals surface area contributed by atoms with Crippen LogP contribution in [0, 0.1) is 6.92 Å². The molecule has 2 heteroatoms. The first-order valence-electron chi connectivity index (χ1n) is 9.54. The lowest BCUT2D eigenvalue weighted by atomic mass is 10.0. The Morgan fingerprint density at radius 1 is 0.571 bits per heavy atom. The lowest BCUT2D eigenvalue weighted by molar-refractivity contribution is 0.592. The smallest absolute Gasteiger partial charge is 0.171 e. The molecule has 0 amide bonds. The Morgan fingerprint density at radius 2 is 1.04 bits per heavy atom. The Bertz CT molecular complexity index is 1070. The van der Waals surface area contributed by atoms with Gasteiger partial charge in [0.05, 0.1) is 0 Å². The second kappa shape index (κ2) is 8.00. The molecule has 0 saturated heterocycles. The SMILES string of the molecule is Cc1ccccc1Cc1ccccc1P(=O)(c1ccccc1)c1ccccc1. The second-order valence-electron chi connectivity index (χ2n) is 7.01. The third kappa shape index (κ3) is 3.46. The number of benzene rings is 4. The van der Waals surface area contributed by atoms with Crippen molar-refractivity contribution >= 4 is 23.1 Å². The molecule has 4 aromatic rings. The summed E-state index contributed by atoms with van der Waals surface area (Å²) in [5.41, 5.74) is 3.64. The van der Waals surface area contributed by atoms with Gasteiger partial charge in [0.15, 0.2) is 7.14 Å². The highest BCUT2D eigenvalue weighted by molar-refractivity contribution is 7.85. The normalized spacial score (nSPS) is 11.3. The molecule has 0 spiro atoms. The van der Waals surface area contributed by atoms with Crippen molar-refractivity contribution in [3.05, 3.63) is 126 Å². The number of hydrogen-bond donors (Lipinski definition) is 0. The maximum Gasteiger partial charge on any atom is 0.171 e. The third-order valence-electron chi connectivity index (χ3n) is 5.21. The fraction of sp³-hybridized carbons (Fsp3) is 0.0769. The van der Waals surface area contributed by atoms with Gasteiger partial charge in [-0.3, -0.25) is 0 Å². The minimum Gasteiger partial charge on any atom is -0.309 e. The van der Waals surface area contributed by atoms with E-state index in [1.807, 2.05) is 78.9 Å². The highest BCUT2D eigenvalue weighted by atomic mass is 31.2. The van der Waals surface area contributed by atoms with E-state index in [1.54, 1.807) is 0 Å². The monoisotopic (exact) mass is 382 g/mol. The lowest BCUT2D eigenvalue weighted by Gasteiger charge is -2.23. The molecule has 0 aliphatic carbocycles. The van der Waals surface area contributed by atoms with Crippen molar-refractivity contribution in [2.45, 2.75) is 13.3 Å². The molecule has 0 saturated carbocycles. The van der Waals surface area contributed by atoms with Gasteiger partial charge in [0, 0.05) is 15.9 Å². The fourth-order valence-electron chi connectivity index (χ4n) is 3.68. The van der Waals surface area contributed by atoms with Crippen LogP contribution in [0.25, 0.3) is 0 Å². The molecule has 0 N–H and O–H groups in total. The molecule has 138 valence electrons. The molecule has 4 aromatic carbocycles. The van der Waals surface area contributed by atoms with Crippen molar-refractivity contribution in [3.8, 4) is 0 Å². The average Bonchev–Trinajstić information content (AvgIpc) is 2.76. The maximum atomic E-state index is 14.7. The molecule has 0 aliphatic heterocycles. The van der Waals surface area contributed by atoms with Gasteiger partial charge in [0.25, 0.3) is 0 Å². The zero-order chi connectivity index (χ0) is 19.4. The predicted octanol–water partition coefficient (Wildman–Crippen LogP) is 5.23. The molecule has 0 radical (unpaired) electrons. The molecule has 0 atom stereocenters. The van der Waals surface area contributed by atoms with Crippen molar-refractivity contribution in [2.24, 2.45) is 0 Å². The van der Waals surface area contributed by atoms with Crippen LogP contribution in [-0.2, 0) is 11.0 Å². The Morgan fingerprint density at radius 3 is 1.61 bits per heavy atom. The van der Waals surface area contributed by atoms with Crippen LogP contribution in [0.15, 0.2) is 109 Å². The van der Waals surface area contributed by atoms with E-state index in [0.29, 0.717) is 0 Å². The quantitative estimate of drug-likeness (QED) is 0.432. The van der Waals surface area contributed by atoms with Gasteiger partial charge in [-0.25, -0.2) is 0 Å². The molecule has 0 fully saturated rings. The molecule has 0 heterocycles. The maximum absolute atomic E-state index is 14.7. The summed E-state index contributed by atoms with van der Waals surface area (Å²) in [5, 5.41) is 2.67. The molecule has 0 bridgehead atoms. The van der Waals surface area contributed by atoms with Crippen LogP contribution in [-0.4, -0.2) is 0 Å². The molecular weight excluding hydrogens is 359 g/mol. The van der Waals surface area contributed by atoms with Crippen molar-refractivity contribution in [1.29, 1.82) is 0 Å². The molecule has 0 aromatic heterocycles. The minimum atomic E-state index is -2.97. The van der Waals surface area contributed by atoms with Crippen LogP contribution in [0.2, 0.25) is 0 Å².